The van der Waals surface area contributed by atoms with Gasteiger partial charge in [0, 0.05) is 35.8 Å². The van der Waals surface area contributed by atoms with Crippen LogP contribution in [0.15, 0.2) is 46.9 Å². The van der Waals surface area contributed by atoms with Gasteiger partial charge in [-0.05, 0) is 43.4 Å². The number of carbonyl (C=O) groups excluding carboxylic acids is 1. The van der Waals surface area contributed by atoms with Crippen molar-refractivity contribution in [2.24, 2.45) is 0 Å². The highest BCUT2D eigenvalue weighted by molar-refractivity contribution is 6.30. The molecule has 0 N–H and O–H groups in total. The molecule has 1 unspecified atom stereocenters. The number of fused-ring (bicyclic) bond motifs is 1. The summed E-state index contributed by atoms with van der Waals surface area (Å²) in [6.07, 6.45) is -4.39. The van der Waals surface area contributed by atoms with E-state index in [1.165, 1.54) is 22.9 Å². The van der Waals surface area contributed by atoms with Crippen molar-refractivity contribution in [3.05, 3.63) is 53.1 Å². The molecule has 1 aliphatic rings. The molecule has 1 atom stereocenters. The molecule has 5 nitrogen and oxygen atoms in total. The highest BCUT2D eigenvalue weighted by Crippen LogP contribution is 2.29. The maximum atomic E-state index is 13.2. The summed E-state index contributed by atoms with van der Waals surface area (Å²) < 4.78 is 45.4. The Hall–Kier alpha value is -2.58. The molecule has 2 heterocycles. The van der Waals surface area contributed by atoms with Crippen LogP contribution in [-0.2, 0) is 0 Å². The van der Waals surface area contributed by atoms with Gasteiger partial charge in [0.15, 0.2) is 5.58 Å². The van der Waals surface area contributed by atoms with Crippen molar-refractivity contribution in [1.82, 2.24) is 14.8 Å². The maximum Gasteiger partial charge on any atom is 0.405 e. The number of carbonyl (C=O) groups is 1. The normalized spacial score (nSPS) is 18.4. The molecular weight excluding hydrogens is 407 g/mol. The Morgan fingerprint density at radius 3 is 2.72 bits per heavy atom. The number of benzene rings is 2. The Balaban J connectivity index is 1.60. The topological polar surface area (TPSA) is 49.6 Å². The fraction of sp³-hybridized carbons (Fsp3) is 0.300. The Kier molecular flexibility index (Phi) is 5.00. The Labute approximate surface area is 169 Å². The monoisotopic (exact) mass is 423 g/mol. The molecule has 2 aromatic carbocycles. The summed E-state index contributed by atoms with van der Waals surface area (Å²) >= 11 is 6.00. The van der Waals surface area contributed by atoms with E-state index in [1.807, 2.05) is 0 Å². The minimum absolute atomic E-state index is 0.154. The number of rotatable bonds is 2. The Morgan fingerprint density at radius 2 is 2.00 bits per heavy atom. The molecule has 0 radical (unpaired) electrons. The van der Waals surface area contributed by atoms with Gasteiger partial charge in [0.1, 0.15) is 11.6 Å². The molecule has 29 heavy (non-hydrogen) atoms. The van der Waals surface area contributed by atoms with Crippen LogP contribution in [0.1, 0.15) is 10.4 Å². The summed E-state index contributed by atoms with van der Waals surface area (Å²) in [5.41, 5.74) is 1.89. The molecule has 0 bridgehead atoms. The van der Waals surface area contributed by atoms with Gasteiger partial charge in [0.05, 0.1) is 0 Å². The van der Waals surface area contributed by atoms with Crippen LogP contribution < -0.4 is 0 Å². The first-order valence-electron chi connectivity index (χ1n) is 8.95. The second-order valence-corrected chi connectivity index (χ2v) is 7.44. The van der Waals surface area contributed by atoms with Crippen LogP contribution in [0, 0.1) is 0 Å². The highest BCUT2D eigenvalue weighted by atomic mass is 35.5. The zero-order valence-corrected chi connectivity index (χ0v) is 16.2. The lowest BCUT2D eigenvalue weighted by Gasteiger charge is -2.40. The molecule has 0 aliphatic carbocycles. The van der Waals surface area contributed by atoms with E-state index in [0.29, 0.717) is 27.6 Å². The van der Waals surface area contributed by atoms with Crippen molar-refractivity contribution in [2.75, 3.05) is 26.7 Å². The van der Waals surface area contributed by atoms with Gasteiger partial charge >= 0.3 is 6.18 Å². The minimum atomic E-state index is -4.39. The molecule has 3 aromatic rings. The van der Waals surface area contributed by atoms with E-state index in [9.17, 15) is 18.0 Å². The molecule has 0 saturated carbocycles. The van der Waals surface area contributed by atoms with E-state index in [-0.39, 0.29) is 18.7 Å². The van der Waals surface area contributed by atoms with Crippen molar-refractivity contribution in [3.8, 4) is 11.5 Å². The van der Waals surface area contributed by atoms with Crippen LogP contribution in [0.2, 0.25) is 5.02 Å². The summed E-state index contributed by atoms with van der Waals surface area (Å²) in [7, 11) is 1.42. The van der Waals surface area contributed by atoms with Gasteiger partial charge in [0.25, 0.3) is 5.91 Å². The smallest absolute Gasteiger partial charge is 0.405 e. The third-order valence-corrected chi connectivity index (χ3v) is 5.25. The van der Waals surface area contributed by atoms with Crippen molar-refractivity contribution >= 4 is 28.6 Å². The fourth-order valence-electron chi connectivity index (χ4n) is 3.40. The van der Waals surface area contributed by atoms with Gasteiger partial charge in [-0.15, -0.1) is 0 Å². The van der Waals surface area contributed by atoms with Gasteiger partial charge < -0.3 is 9.32 Å². The molecule has 152 valence electrons. The SMILES string of the molecule is CN1CCN(C(=O)c2ccc3oc(-c4cccc(Cl)c4)nc3c2)CC1C(F)(F)F. The lowest BCUT2D eigenvalue weighted by atomic mass is 10.1. The Morgan fingerprint density at radius 1 is 1.21 bits per heavy atom. The third-order valence-electron chi connectivity index (χ3n) is 5.02. The van der Waals surface area contributed by atoms with Crippen LogP contribution in [0.3, 0.4) is 0 Å². The predicted molar refractivity (Wildman–Crippen MR) is 103 cm³/mol. The molecule has 1 aromatic heterocycles. The van der Waals surface area contributed by atoms with E-state index in [1.54, 1.807) is 36.4 Å². The molecule has 1 fully saturated rings. The maximum absolute atomic E-state index is 13.2. The van der Waals surface area contributed by atoms with E-state index in [2.05, 4.69) is 4.98 Å². The van der Waals surface area contributed by atoms with Crippen LogP contribution in [0.25, 0.3) is 22.6 Å². The van der Waals surface area contributed by atoms with Gasteiger partial charge in [0.2, 0.25) is 5.89 Å². The van der Waals surface area contributed by atoms with Gasteiger partial charge in [-0.2, -0.15) is 13.2 Å². The first-order valence-corrected chi connectivity index (χ1v) is 9.33. The summed E-state index contributed by atoms with van der Waals surface area (Å²) in [6.45, 7) is -0.0168. The lowest BCUT2D eigenvalue weighted by molar-refractivity contribution is -0.190. The Bertz CT molecular complexity index is 1070. The summed E-state index contributed by atoms with van der Waals surface area (Å²) in [5, 5.41) is 0.537. The number of hydrogen-bond acceptors (Lipinski definition) is 4. The van der Waals surface area contributed by atoms with E-state index >= 15 is 0 Å². The molecule has 4 rings (SSSR count). The van der Waals surface area contributed by atoms with Crippen molar-refractivity contribution < 1.29 is 22.4 Å². The number of hydrogen-bond donors (Lipinski definition) is 0. The number of alkyl halides is 3. The van der Waals surface area contributed by atoms with Gasteiger partial charge in [-0.1, -0.05) is 17.7 Å². The molecule has 1 aliphatic heterocycles. The van der Waals surface area contributed by atoms with Crippen LogP contribution in [0.5, 0.6) is 0 Å². The quantitative estimate of drug-likeness (QED) is 0.610. The van der Waals surface area contributed by atoms with E-state index in [0.717, 1.165) is 0 Å². The molecular formula is C20H17ClF3N3O2. The number of piperazine rings is 1. The third kappa shape index (κ3) is 3.95. The molecule has 9 heteroatoms. The van der Waals surface area contributed by atoms with Crippen molar-refractivity contribution in [3.63, 3.8) is 0 Å². The fourth-order valence-corrected chi connectivity index (χ4v) is 3.59. The second kappa shape index (κ2) is 7.35. The van der Waals surface area contributed by atoms with Gasteiger partial charge in [-0.3, -0.25) is 9.69 Å². The van der Waals surface area contributed by atoms with Crippen LogP contribution >= 0.6 is 11.6 Å². The number of likely N-dealkylation sites (N-methyl/N-ethyl adjacent to an activating group) is 1. The molecule has 0 spiro atoms. The number of nitrogens with zero attached hydrogens (tertiary/aromatic N) is 3. The van der Waals surface area contributed by atoms with E-state index < -0.39 is 24.7 Å². The standard InChI is InChI=1S/C20H17ClF3N3O2/c1-26-7-8-27(11-17(26)20(22,23)24)19(28)13-5-6-16-15(10-13)25-18(29-16)12-3-2-4-14(21)9-12/h2-6,9-10,17H,7-8,11H2,1H3. The van der Waals surface area contributed by atoms with Crippen molar-refractivity contribution in [1.29, 1.82) is 0 Å². The first kappa shape index (κ1) is 19.7. The predicted octanol–water partition coefficient (Wildman–Crippen LogP) is 4.47. The largest absolute Gasteiger partial charge is 0.436 e. The lowest BCUT2D eigenvalue weighted by Crippen LogP contribution is -2.58. The molecule has 1 saturated heterocycles. The number of amides is 1. The average molecular weight is 424 g/mol. The minimum Gasteiger partial charge on any atom is -0.436 e. The van der Waals surface area contributed by atoms with E-state index in [4.69, 9.17) is 16.0 Å². The van der Waals surface area contributed by atoms with Crippen LogP contribution in [0.4, 0.5) is 13.2 Å². The zero-order chi connectivity index (χ0) is 20.8. The first-order chi connectivity index (χ1) is 13.7. The highest BCUT2D eigenvalue weighted by Gasteiger charge is 2.46. The van der Waals surface area contributed by atoms with Crippen LogP contribution in [-0.4, -0.2) is 59.6 Å². The number of halogens is 4. The summed E-state index contributed by atoms with van der Waals surface area (Å²) in [6, 6.07) is 10.0. The number of aromatic nitrogens is 1. The average Bonchev–Trinajstić information content (AvgIpc) is 3.10. The van der Waals surface area contributed by atoms with Crippen molar-refractivity contribution in [2.45, 2.75) is 12.2 Å². The summed E-state index contributed by atoms with van der Waals surface area (Å²) in [4.78, 5) is 19.7. The number of oxazole rings is 1. The summed E-state index contributed by atoms with van der Waals surface area (Å²) in [5.74, 6) is -0.106. The molecule has 1 amide bonds. The second-order valence-electron chi connectivity index (χ2n) is 7.00. The zero-order valence-electron chi connectivity index (χ0n) is 15.4. The van der Waals surface area contributed by atoms with Gasteiger partial charge in [-0.25, -0.2) is 4.98 Å².